The molecule has 2 aromatic carbocycles. The second kappa shape index (κ2) is 12.2. The predicted octanol–water partition coefficient (Wildman–Crippen LogP) is 3.74. The second-order valence-corrected chi connectivity index (χ2v) is 13.2. The van der Waals surface area contributed by atoms with E-state index in [1.807, 2.05) is 55.5 Å². The lowest BCUT2D eigenvalue weighted by Crippen LogP contribution is -2.57. The molecule has 9 heteroatoms. The quantitative estimate of drug-likeness (QED) is 0.383. The van der Waals surface area contributed by atoms with Crippen LogP contribution in [0.15, 0.2) is 66.2 Å². The average Bonchev–Trinajstić information content (AvgIpc) is 3.47. The summed E-state index contributed by atoms with van der Waals surface area (Å²) in [5.41, 5.74) is 6.74. The highest BCUT2D eigenvalue weighted by Crippen LogP contribution is 2.46. The molecule has 216 valence electrons. The van der Waals surface area contributed by atoms with Gasteiger partial charge in [-0.1, -0.05) is 73.5 Å². The van der Waals surface area contributed by atoms with Crippen LogP contribution in [0.1, 0.15) is 70.4 Å². The highest BCUT2D eigenvalue weighted by Gasteiger charge is 2.50. The summed E-state index contributed by atoms with van der Waals surface area (Å²) in [6.45, 7) is 5.65. The average molecular weight is 567 g/mol. The van der Waals surface area contributed by atoms with Crippen LogP contribution in [0.4, 0.5) is 0 Å². The molecule has 1 aliphatic carbocycles. The number of aryl methyl sites for hydroxylation is 1. The monoisotopic (exact) mass is 566 g/mol. The van der Waals surface area contributed by atoms with Gasteiger partial charge in [0, 0.05) is 13.1 Å². The number of nitrogens with one attached hydrogen (secondary N) is 2. The molecule has 1 spiro atoms. The van der Waals surface area contributed by atoms with Crippen molar-refractivity contribution in [2.24, 2.45) is 5.73 Å². The molecule has 2 amide bonds. The third-order valence-electron chi connectivity index (χ3n) is 7.98. The minimum atomic E-state index is -3.76. The molecule has 2 aliphatic rings. The zero-order valence-electron chi connectivity index (χ0n) is 23.8. The number of nitrogens with zero attached hydrogens (tertiary/aromatic N) is 1. The molecule has 1 atom stereocenters. The molecule has 0 aromatic heterocycles. The molecule has 1 fully saturated rings. The van der Waals surface area contributed by atoms with Crippen molar-refractivity contribution in [1.29, 1.82) is 0 Å². The molecule has 0 saturated heterocycles. The summed E-state index contributed by atoms with van der Waals surface area (Å²) in [5, 5.41) is 2.90. The Hall–Kier alpha value is -3.01. The Bertz CT molecular complexity index is 1330. The fourth-order valence-corrected chi connectivity index (χ4v) is 7.76. The molecule has 8 nitrogen and oxygen atoms in total. The molecule has 0 bridgehead atoms. The maximum Gasteiger partial charge on any atom is 0.245 e. The summed E-state index contributed by atoms with van der Waals surface area (Å²) in [5.74, 6) is -0.631. The van der Waals surface area contributed by atoms with Crippen molar-refractivity contribution in [3.05, 3.63) is 77.4 Å². The van der Waals surface area contributed by atoms with Crippen molar-refractivity contribution in [3.63, 3.8) is 0 Å². The van der Waals surface area contributed by atoms with Crippen molar-refractivity contribution >= 4 is 26.7 Å². The van der Waals surface area contributed by atoms with Gasteiger partial charge in [0.15, 0.2) is 0 Å². The first kappa shape index (κ1) is 30.0. The van der Waals surface area contributed by atoms with E-state index < -0.39 is 33.1 Å². The van der Waals surface area contributed by atoms with Crippen LogP contribution in [0.5, 0.6) is 0 Å². The molecule has 1 heterocycles. The van der Waals surface area contributed by atoms with Crippen LogP contribution in [0, 0.1) is 0 Å². The Morgan fingerprint density at radius 3 is 2.23 bits per heavy atom. The molecule has 0 radical (unpaired) electrons. The Morgan fingerprint density at radius 1 is 1.05 bits per heavy atom. The Kier molecular flexibility index (Phi) is 9.17. The van der Waals surface area contributed by atoms with Gasteiger partial charge in [-0.25, -0.2) is 13.1 Å². The van der Waals surface area contributed by atoms with Crippen LogP contribution >= 0.6 is 0 Å². The lowest BCUT2D eigenvalue weighted by molar-refractivity contribution is -0.137. The van der Waals surface area contributed by atoms with Crippen molar-refractivity contribution in [2.45, 2.75) is 82.8 Å². The number of hydrogen-bond donors (Lipinski definition) is 3. The van der Waals surface area contributed by atoms with Crippen LogP contribution in [0.2, 0.25) is 0 Å². The summed E-state index contributed by atoms with van der Waals surface area (Å²) in [6, 6.07) is 18.4. The van der Waals surface area contributed by atoms with Crippen LogP contribution in [-0.2, 0) is 26.0 Å². The molecule has 4 N–H and O–H groups in total. The standard InChI is InChI=1S/C31H42N4O4S/c1-4-35(28(36)26(33-29(37)30(2,3)32)19-13-16-23-14-7-5-8-15-23)22-25-27(24-17-9-6-10-18-24)40(38,39)34-31(25)20-11-12-21-31/h5-10,14-15,17-18,26,34H,4,11-13,16,19-22,32H2,1-3H3,(H,33,37)/t26-/m1/s1. The van der Waals surface area contributed by atoms with Crippen molar-refractivity contribution in [3.8, 4) is 0 Å². The van der Waals surface area contributed by atoms with Gasteiger partial charge in [0.1, 0.15) is 6.04 Å². The van der Waals surface area contributed by atoms with Gasteiger partial charge in [-0.3, -0.25) is 9.59 Å². The number of likely N-dealkylation sites (N-methyl/N-ethyl adjacent to an activating group) is 1. The second-order valence-electron chi connectivity index (χ2n) is 11.5. The van der Waals surface area contributed by atoms with E-state index in [-0.39, 0.29) is 17.4 Å². The number of carbonyl (C=O) groups is 2. The van der Waals surface area contributed by atoms with Gasteiger partial charge in [-0.15, -0.1) is 0 Å². The number of hydrogen-bond acceptors (Lipinski definition) is 5. The largest absolute Gasteiger partial charge is 0.343 e. The van der Waals surface area contributed by atoms with E-state index in [0.29, 0.717) is 37.8 Å². The first-order valence-electron chi connectivity index (χ1n) is 14.2. The number of nitrogens with two attached hydrogens (primary N) is 1. The first-order chi connectivity index (χ1) is 19.0. The molecular formula is C31H42N4O4S. The highest BCUT2D eigenvalue weighted by molar-refractivity contribution is 7.99. The van der Waals surface area contributed by atoms with Gasteiger partial charge in [0.2, 0.25) is 21.8 Å². The third-order valence-corrected chi connectivity index (χ3v) is 9.65. The molecule has 0 unspecified atom stereocenters. The van der Waals surface area contributed by atoms with E-state index >= 15 is 0 Å². The van der Waals surface area contributed by atoms with Crippen LogP contribution in [0.3, 0.4) is 0 Å². The fraction of sp³-hybridized carbons (Fsp3) is 0.484. The highest BCUT2D eigenvalue weighted by atomic mass is 32.2. The molecule has 1 aliphatic heterocycles. The van der Waals surface area contributed by atoms with Gasteiger partial charge in [-0.2, -0.15) is 0 Å². The SMILES string of the molecule is CCN(CC1=C(c2ccccc2)S(=O)(=O)NC12CCCC2)C(=O)[C@@H](CCCc1ccccc1)NC(=O)C(C)(C)N. The molecule has 4 rings (SSSR count). The molecule has 40 heavy (non-hydrogen) atoms. The van der Waals surface area contributed by atoms with Crippen LogP contribution in [0.25, 0.3) is 4.91 Å². The van der Waals surface area contributed by atoms with E-state index in [2.05, 4.69) is 10.0 Å². The van der Waals surface area contributed by atoms with Gasteiger partial charge < -0.3 is 16.0 Å². The number of benzene rings is 2. The Morgan fingerprint density at radius 2 is 1.65 bits per heavy atom. The lowest BCUT2D eigenvalue weighted by Gasteiger charge is -2.33. The topological polar surface area (TPSA) is 122 Å². The van der Waals surface area contributed by atoms with Gasteiger partial charge in [-0.05, 0) is 69.6 Å². The number of sulfonamides is 1. The third kappa shape index (κ3) is 6.65. The zero-order valence-corrected chi connectivity index (χ0v) is 24.6. The molecular weight excluding hydrogens is 524 g/mol. The minimum Gasteiger partial charge on any atom is -0.343 e. The number of amides is 2. The summed E-state index contributed by atoms with van der Waals surface area (Å²) < 4.78 is 30.0. The maximum atomic E-state index is 14.1. The summed E-state index contributed by atoms with van der Waals surface area (Å²) >= 11 is 0. The van der Waals surface area contributed by atoms with E-state index in [9.17, 15) is 18.0 Å². The molecule has 1 saturated carbocycles. The van der Waals surface area contributed by atoms with Crippen LogP contribution in [-0.4, -0.2) is 55.3 Å². The number of rotatable bonds is 11. The van der Waals surface area contributed by atoms with Gasteiger partial charge >= 0.3 is 0 Å². The van der Waals surface area contributed by atoms with E-state index in [1.165, 1.54) is 0 Å². The smallest absolute Gasteiger partial charge is 0.245 e. The Balaban J connectivity index is 1.64. The fourth-order valence-electron chi connectivity index (χ4n) is 5.79. The zero-order chi connectivity index (χ0) is 29.0. The number of carbonyl (C=O) groups excluding carboxylic acids is 2. The van der Waals surface area contributed by atoms with E-state index in [0.717, 1.165) is 30.4 Å². The first-order valence-corrected chi connectivity index (χ1v) is 15.7. The van der Waals surface area contributed by atoms with Gasteiger partial charge in [0.05, 0.1) is 16.0 Å². The van der Waals surface area contributed by atoms with Gasteiger partial charge in [0.25, 0.3) is 0 Å². The summed E-state index contributed by atoms with van der Waals surface area (Å²) in [7, 11) is -3.76. The summed E-state index contributed by atoms with van der Waals surface area (Å²) in [4.78, 5) is 28.9. The van der Waals surface area contributed by atoms with E-state index in [1.54, 1.807) is 30.9 Å². The van der Waals surface area contributed by atoms with Crippen molar-refractivity contribution in [1.82, 2.24) is 14.9 Å². The Labute approximate surface area is 238 Å². The van der Waals surface area contributed by atoms with Crippen LogP contribution < -0.4 is 15.8 Å². The van der Waals surface area contributed by atoms with Crippen molar-refractivity contribution in [2.75, 3.05) is 13.1 Å². The van der Waals surface area contributed by atoms with Crippen molar-refractivity contribution < 1.29 is 18.0 Å². The lowest BCUT2D eigenvalue weighted by atomic mass is 9.86. The maximum absolute atomic E-state index is 14.1. The normalized spacial score (nSPS) is 18.6. The summed E-state index contributed by atoms with van der Waals surface area (Å²) in [6.07, 6.45) is 5.13. The predicted molar refractivity (Wildman–Crippen MR) is 158 cm³/mol. The molecule has 2 aromatic rings. The minimum absolute atomic E-state index is 0.170. The van der Waals surface area contributed by atoms with E-state index in [4.69, 9.17) is 5.73 Å².